The fraction of sp³-hybridized carbons (Fsp3) is 0.522. The number of nitrogens with one attached hydrogen (secondary N) is 3. The lowest BCUT2D eigenvalue weighted by Gasteiger charge is -2.21. The Morgan fingerprint density at radius 1 is 0.844 bits per heavy atom. The highest BCUT2D eigenvalue weighted by molar-refractivity contribution is 7.92. The highest BCUT2D eigenvalue weighted by Crippen LogP contribution is 2.18. The van der Waals surface area contributed by atoms with E-state index in [0.29, 0.717) is 11.2 Å². The molecule has 0 amide bonds. The van der Waals surface area contributed by atoms with E-state index in [-0.39, 0.29) is 10.8 Å². The lowest BCUT2D eigenvalue weighted by Crippen LogP contribution is -2.37. The number of nitrogens with zero attached hydrogens (tertiary/aromatic N) is 2. The third kappa shape index (κ3) is 8.35. The minimum Gasteiger partial charge on any atom is -0.360 e. The summed E-state index contributed by atoms with van der Waals surface area (Å²) in [6.07, 6.45) is 17.0. The molecule has 0 atom stereocenters. The van der Waals surface area contributed by atoms with Crippen molar-refractivity contribution in [2.24, 2.45) is 0 Å². The first-order valence-electron chi connectivity index (χ1n) is 11.5. The summed E-state index contributed by atoms with van der Waals surface area (Å²) in [4.78, 5) is 7.93. The van der Waals surface area contributed by atoms with Gasteiger partial charge in [0.05, 0.1) is 4.90 Å². The summed E-state index contributed by atoms with van der Waals surface area (Å²) in [7, 11) is -3.75. The number of hydrogen-bond acceptors (Lipinski definition) is 5. The molecule has 1 aliphatic carbocycles. The lowest BCUT2D eigenvalue weighted by atomic mass is 9.98. The van der Waals surface area contributed by atoms with E-state index in [1.807, 2.05) is 0 Å². The predicted octanol–water partition coefficient (Wildman–Crippen LogP) is 5.24. The Balaban J connectivity index is 1.52. The van der Waals surface area contributed by atoms with Gasteiger partial charge >= 0.3 is 0 Å². The van der Waals surface area contributed by atoms with Crippen LogP contribution in [0.25, 0.3) is 0 Å². The molecule has 7 nitrogen and oxygen atoms in total. The van der Waals surface area contributed by atoms with Gasteiger partial charge in [0.2, 0.25) is 5.95 Å². The first-order chi connectivity index (χ1) is 15.5. The summed E-state index contributed by atoms with van der Waals surface area (Å²) >= 11 is 5.53. The average Bonchev–Trinajstić information content (AvgIpc) is 2.76. The number of sulfonamides is 1. The molecule has 0 unspecified atom stereocenters. The number of anilines is 2. The molecule has 1 aliphatic rings. The van der Waals surface area contributed by atoms with E-state index in [1.165, 1.54) is 82.3 Å². The Labute approximate surface area is 196 Å². The van der Waals surface area contributed by atoms with Gasteiger partial charge in [0.25, 0.3) is 10.0 Å². The van der Waals surface area contributed by atoms with Gasteiger partial charge in [-0.3, -0.25) is 0 Å². The predicted molar refractivity (Wildman–Crippen MR) is 133 cm³/mol. The molecular formula is C23H33N5O2S2. The molecule has 1 aromatic carbocycles. The molecule has 0 spiro atoms. The monoisotopic (exact) mass is 475 g/mol. The molecule has 3 rings (SSSR count). The van der Waals surface area contributed by atoms with Gasteiger partial charge in [-0.15, -0.1) is 0 Å². The summed E-state index contributed by atoms with van der Waals surface area (Å²) in [6.45, 7) is 0. The van der Waals surface area contributed by atoms with Crippen molar-refractivity contribution in [1.29, 1.82) is 0 Å². The van der Waals surface area contributed by atoms with Gasteiger partial charge in [-0.2, -0.15) is 0 Å². The third-order valence-corrected chi connectivity index (χ3v) is 7.22. The molecule has 0 bridgehead atoms. The Morgan fingerprint density at radius 2 is 1.38 bits per heavy atom. The fourth-order valence-electron chi connectivity index (χ4n) is 3.91. The van der Waals surface area contributed by atoms with Crippen molar-refractivity contribution in [3.63, 3.8) is 0 Å². The zero-order valence-electron chi connectivity index (χ0n) is 18.4. The van der Waals surface area contributed by atoms with Crippen LogP contribution in [0.15, 0.2) is 47.6 Å². The second-order valence-corrected chi connectivity index (χ2v) is 10.3. The van der Waals surface area contributed by atoms with Gasteiger partial charge in [0, 0.05) is 24.1 Å². The fourth-order valence-corrected chi connectivity index (χ4v) is 5.15. The SMILES string of the molecule is O=S(=O)(Nc1ncccn1)c1ccc(NC(=S)NC2CCCCCCCCCCC2)cc1. The lowest BCUT2D eigenvalue weighted by molar-refractivity contribution is 0.444. The quantitative estimate of drug-likeness (QED) is 0.509. The Kier molecular flexibility index (Phi) is 9.67. The molecule has 174 valence electrons. The van der Waals surface area contributed by atoms with Crippen LogP contribution in [0.2, 0.25) is 0 Å². The molecule has 1 heterocycles. The van der Waals surface area contributed by atoms with Gasteiger partial charge in [0.1, 0.15) is 0 Å². The molecule has 3 N–H and O–H groups in total. The van der Waals surface area contributed by atoms with Crippen molar-refractivity contribution < 1.29 is 8.42 Å². The number of aromatic nitrogens is 2. The number of hydrogen-bond donors (Lipinski definition) is 3. The Bertz CT molecular complexity index is 925. The molecule has 2 aromatic rings. The van der Waals surface area contributed by atoms with Crippen molar-refractivity contribution >= 4 is 39.0 Å². The van der Waals surface area contributed by atoms with Crippen LogP contribution in [0.1, 0.15) is 70.6 Å². The van der Waals surface area contributed by atoms with Gasteiger partial charge in [-0.1, -0.05) is 57.8 Å². The molecule has 0 radical (unpaired) electrons. The van der Waals surface area contributed by atoms with Crippen LogP contribution < -0.4 is 15.4 Å². The van der Waals surface area contributed by atoms with Gasteiger partial charge in [-0.05, 0) is 55.4 Å². The maximum Gasteiger partial charge on any atom is 0.264 e. The summed E-state index contributed by atoms with van der Waals surface area (Å²) in [6, 6.07) is 8.48. The molecule has 1 fully saturated rings. The van der Waals surface area contributed by atoms with Crippen molar-refractivity contribution in [3.05, 3.63) is 42.7 Å². The van der Waals surface area contributed by atoms with Gasteiger partial charge in [0.15, 0.2) is 5.11 Å². The Hall–Kier alpha value is -2.26. The van der Waals surface area contributed by atoms with Crippen LogP contribution in [0, 0.1) is 0 Å². The zero-order chi connectivity index (χ0) is 22.7. The maximum atomic E-state index is 12.5. The minimum atomic E-state index is -3.75. The number of rotatable bonds is 5. The molecule has 9 heteroatoms. The van der Waals surface area contributed by atoms with Crippen molar-refractivity contribution in [1.82, 2.24) is 15.3 Å². The smallest absolute Gasteiger partial charge is 0.264 e. The average molecular weight is 476 g/mol. The standard InChI is InChI=1S/C23H33N5O2S2/c29-32(30,28-22-24-17-10-18-25-22)21-15-13-20(14-16-21)27-23(31)26-19-11-8-6-4-2-1-3-5-7-9-12-19/h10,13-19H,1-9,11-12H2,(H,24,25,28)(H2,26,27,31). The van der Waals surface area contributed by atoms with Crippen molar-refractivity contribution in [2.45, 2.75) is 81.6 Å². The number of benzene rings is 1. The summed E-state index contributed by atoms with van der Waals surface area (Å²) in [5.41, 5.74) is 0.741. The molecule has 1 saturated carbocycles. The van der Waals surface area contributed by atoms with Crippen LogP contribution in [-0.2, 0) is 10.0 Å². The third-order valence-electron chi connectivity index (χ3n) is 5.65. The van der Waals surface area contributed by atoms with Crippen LogP contribution in [0.3, 0.4) is 0 Å². The highest BCUT2D eigenvalue weighted by Gasteiger charge is 2.16. The second-order valence-electron chi connectivity index (χ2n) is 8.26. The minimum absolute atomic E-state index is 0.0390. The maximum absolute atomic E-state index is 12.5. The van der Waals surface area contributed by atoms with E-state index < -0.39 is 10.0 Å². The largest absolute Gasteiger partial charge is 0.360 e. The molecule has 32 heavy (non-hydrogen) atoms. The number of thiocarbonyl (C=S) groups is 1. The van der Waals surface area contributed by atoms with E-state index in [4.69, 9.17) is 12.2 Å². The van der Waals surface area contributed by atoms with Crippen LogP contribution in [0.5, 0.6) is 0 Å². The topological polar surface area (TPSA) is 96.0 Å². The molecular weight excluding hydrogens is 442 g/mol. The molecule has 0 aliphatic heterocycles. The summed E-state index contributed by atoms with van der Waals surface area (Å²) in [5.74, 6) is 0.0390. The van der Waals surface area contributed by atoms with E-state index in [1.54, 1.807) is 18.2 Å². The van der Waals surface area contributed by atoms with Crippen LogP contribution >= 0.6 is 12.2 Å². The van der Waals surface area contributed by atoms with E-state index in [0.717, 1.165) is 18.5 Å². The molecule has 0 saturated heterocycles. The van der Waals surface area contributed by atoms with Gasteiger partial charge in [-0.25, -0.2) is 23.1 Å². The molecule has 1 aromatic heterocycles. The normalized spacial score (nSPS) is 16.9. The van der Waals surface area contributed by atoms with E-state index in [2.05, 4.69) is 25.3 Å². The first kappa shape index (κ1) is 24.4. The van der Waals surface area contributed by atoms with E-state index in [9.17, 15) is 8.42 Å². The summed E-state index contributed by atoms with van der Waals surface area (Å²) in [5, 5.41) is 7.23. The van der Waals surface area contributed by atoms with Crippen LogP contribution in [0.4, 0.5) is 11.6 Å². The Morgan fingerprint density at radius 3 is 1.94 bits per heavy atom. The van der Waals surface area contributed by atoms with E-state index >= 15 is 0 Å². The summed E-state index contributed by atoms with van der Waals surface area (Å²) < 4.78 is 27.4. The first-order valence-corrected chi connectivity index (χ1v) is 13.4. The highest BCUT2D eigenvalue weighted by atomic mass is 32.2. The van der Waals surface area contributed by atoms with Gasteiger partial charge < -0.3 is 10.6 Å². The van der Waals surface area contributed by atoms with Crippen LogP contribution in [-0.4, -0.2) is 29.5 Å². The van der Waals surface area contributed by atoms with Crippen molar-refractivity contribution in [3.8, 4) is 0 Å². The zero-order valence-corrected chi connectivity index (χ0v) is 20.1. The second kappa shape index (κ2) is 12.7. The van der Waals surface area contributed by atoms with Crippen molar-refractivity contribution in [2.75, 3.05) is 10.0 Å².